The second-order valence-electron chi connectivity index (χ2n) is 9.40. The number of carbonyl (C=O) groups is 2. The third-order valence-electron chi connectivity index (χ3n) is 6.99. The molecule has 3 heterocycles. The molecule has 1 aliphatic heterocycles. The van der Waals surface area contributed by atoms with Gasteiger partial charge in [-0.3, -0.25) is 14.9 Å². The third-order valence-corrected chi connectivity index (χ3v) is 6.99. The second kappa shape index (κ2) is 10.0. The highest BCUT2D eigenvalue weighted by molar-refractivity contribution is 6.51. The van der Waals surface area contributed by atoms with E-state index in [4.69, 9.17) is 4.74 Å². The number of ether oxygens (including phenoxy) is 1. The van der Waals surface area contributed by atoms with Gasteiger partial charge in [0.05, 0.1) is 16.7 Å². The summed E-state index contributed by atoms with van der Waals surface area (Å²) in [6, 6.07) is 23.7. The Morgan fingerprint density at radius 2 is 1.63 bits per heavy atom. The maximum atomic E-state index is 13.4. The average Bonchev–Trinajstić information content (AvgIpc) is 3.61. The summed E-state index contributed by atoms with van der Waals surface area (Å²) in [5.74, 6) is -0.123. The number of rotatable bonds is 9. The van der Waals surface area contributed by atoms with Crippen LogP contribution in [0.1, 0.15) is 23.1 Å². The zero-order valence-electron chi connectivity index (χ0n) is 21.1. The van der Waals surface area contributed by atoms with Crippen LogP contribution in [0.5, 0.6) is 5.75 Å². The summed E-state index contributed by atoms with van der Waals surface area (Å²) in [6.07, 6.45) is 4.70. The SMILES string of the molecule is CNCCCn1cc(C2=C(c3c[nH]c4ccccc34)C(=O)NC2=O)c2c(OCc3ccccc3)cccc21. The van der Waals surface area contributed by atoms with Crippen LogP contribution in [0.3, 0.4) is 0 Å². The van der Waals surface area contributed by atoms with E-state index in [1.165, 1.54) is 0 Å². The summed E-state index contributed by atoms with van der Waals surface area (Å²) < 4.78 is 8.48. The number of nitrogens with one attached hydrogen (secondary N) is 3. The van der Waals surface area contributed by atoms with Gasteiger partial charge in [-0.15, -0.1) is 0 Å². The molecule has 6 rings (SSSR count). The minimum absolute atomic E-state index is 0.368. The first-order valence-corrected chi connectivity index (χ1v) is 12.8. The van der Waals surface area contributed by atoms with E-state index in [0.29, 0.717) is 34.6 Å². The molecular weight excluding hydrogens is 476 g/mol. The molecule has 7 heteroatoms. The largest absolute Gasteiger partial charge is 0.488 e. The summed E-state index contributed by atoms with van der Waals surface area (Å²) in [6.45, 7) is 2.01. The number of para-hydroxylation sites is 1. The molecule has 0 saturated heterocycles. The number of hydrogen-bond donors (Lipinski definition) is 3. The molecule has 3 N–H and O–H groups in total. The van der Waals surface area contributed by atoms with Crippen molar-refractivity contribution in [3.05, 3.63) is 102 Å². The number of aromatic amines is 1. The van der Waals surface area contributed by atoms with Gasteiger partial charge < -0.3 is 19.6 Å². The van der Waals surface area contributed by atoms with E-state index in [9.17, 15) is 9.59 Å². The molecule has 1 aliphatic rings. The predicted molar refractivity (Wildman–Crippen MR) is 150 cm³/mol. The molecule has 5 aromatic rings. The van der Waals surface area contributed by atoms with E-state index in [1.807, 2.05) is 86.0 Å². The van der Waals surface area contributed by atoms with Gasteiger partial charge in [0.15, 0.2) is 0 Å². The lowest BCUT2D eigenvalue weighted by atomic mass is 9.95. The molecule has 0 atom stereocenters. The van der Waals surface area contributed by atoms with Crippen molar-refractivity contribution in [2.24, 2.45) is 0 Å². The van der Waals surface area contributed by atoms with Gasteiger partial charge in [-0.1, -0.05) is 54.6 Å². The van der Waals surface area contributed by atoms with Crippen LogP contribution in [0.15, 0.2) is 85.2 Å². The van der Waals surface area contributed by atoms with Crippen LogP contribution in [-0.4, -0.2) is 35.0 Å². The first kappa shape index (κ1) is 23.8. The summed E-state index contributed by atoms with van der Waals surface area (Å²) >= 11 is 0. The van der Waals surface area contributed by atoms with Gasteiger partial charge in [-0.25, -0.2) is 0 Å². The number of carbonyl (C=O) groups excluding carboxylic acids is 2. The molecule has 3 aromatic carbocycles. The number of benzene rings is 3. The molecule has 7 nitrogen and oxygen atoms in total. The number of nitrogens with zero attached hydrogens (tertiary/aromatic N) is 1. The van der Waals surface area contributed by atoms with Crippen LogP contribution in [0.4, 0.5) is 0 Å². The molecule has 0 fully saturated rings. The van der Waals surface area contributed by atoms with Gasteiger partial charge >= 0.3 is 0 Å². The van der Waals surface area contributed by atoms with Crippen LogP contribution in [-0.2, 0) is 22.7 Å². The Hall–Kier alpha value is -4.62. The molecule has 2 aromatic heterocycles. The van der Waals surface area contributed by atoms with Gasteiger partial charge in [0, 0.05) is 46.4 Å². The fourth-order valence-corrected chi connectivity index (χ4v) is 5.22. The number of aromatic nitrogens is 2. The fourth-order valence-electron chi connectivity index (χ4n) is 5.22. The third kappa shape index (κ3) is 4.17. The van der Waals surface area contributed by atoms with Gasteiger partial charge in [-0.2, -0.15) is 0 Å². The van der Waals surface area contributed by atoms with Crippen molar-refractivity contribution in [1.82, 2.24) is 20.2 Å². The average molecular weight is 505 g/mol. The number of H-pyrrole nitrogens is 1. The van der Waals surface area contributed by atoms with E-state index in [0.717, 1.165) is 46.9 Å². The minimum Gasteiger partial charge on any atom is -0.488 e. The van der Waals surface area contributed by atoms with Crippen LogP contribution in [0.2, 0.25) is 0 Å². The van der Waals surface area contributed by atoms with Crippen molar-refractivity contribution >= 4 is 44.8 Å². The highest BCUT2D eigenvalue weighted by atomic mass is 16.5. The summed E-state index contributed by atoms with van der Waals surface area (Å²) in [7, 11) is 1.93. The van der Waals surface area contributed by atoms with Crippen LogP contribution < -0.4 is 15.4 Å². The first-order valence-electron chi connectivity index (χ1n) is 12.8. The Labute approximate surface area is 220 Å². The normalized spacial score (nSPS) is 13.6. The number of hydrogen-bond acceptors (Lipinski definition) is 4. The summed E-state index contributed by atoms with van der Waals surface area (Å²) in [5, 5.41) is 7.46. The zero-order chi connectivity index (χ0) is 26.1. The van der Waals surface area contributed by atoms with Crippen molar-refractivity contribution in [3.63, 3.8) is 0 Å². The molecule has 0 aliphatic carbocycles. The molecule has 2 amide bonds. The highest BCUT2D eigenvalue weighted by Gasteiger charge is 2.35. The van der Waals surface area contributed by atoms with Crippen molar-refractivity contribution in [3.8, 4) is 5.75 Å². The van der Waals surface area contributed by atoms with E-state index in [-0.39, 0.29) is 0 Å². The first-order chi connectivity index (χ1) is 18.7. The van der Waals surface area contributed by atoms with E-state index in [1.54, 1.807) is 6.20 Å². The fraction of sp³-hybridized carbons (Fsp3) is 0.161. The molecule has 0 bridgehead atoms. The maximum absolute atomic E-state index is 13.4. The topological polar surface area (TPSA) is 88.2 Å². The zero-order valence-corrected chi connectivity index (χ0v) is 21.1. The van der Waals surface area contributed by atoms with E-state index < -0.39 is 11.8 Å². The molecule has 190 valence electrons. The summed E-state index contributed by atoms with van der Waals surface area (Å²) in [5.41, 5.74) is 5.05. The Balaban J connectivity index is 1.55. The Morgan fingerprint density at radius 1 is 0.868 bits per heavy atom. The molecule has 0 spiro atoms. The molecule has 38 heavy (non-hydrogen) atoms. The van der Waals surface area contributed by atoms with Crippen molar-refractivity contribution < 1.29 is 14.3 Å². The number of aryl methyl sites for hydroxylation is 1. The lowest BCUT2D eigenvalue weighted by Crippen LogP contribution is -2.22. The smallest absolute Gasteiger partial charge is 0.259 e. The second-order valence-corrected chi connectivity index (χ2v) is 9.40. The molecule has 0 unspecified atom stereocenters. The lowest BCUT2D eigenvalue weighted by molar-refractivity contribution is -0.122. The van der Waals surface area contributed by atoms with Gasteiger partial charge in [0.1, 0.15) is 12.4 Å². The molecule has 0 saturated carbocycles. The minimum atomic E-state index is -0.401. The van der Waals surface area contributed by atoms with Crippen molar-refractivity contribution in [2.45, 2.75) is 19.6 Å². The van der Waals surface area contributed by atoms with Gasteiger partial charge in [0.2, 0.25) is 0 Å². The number of fused-ring (bicyclic) bond motifs is 2. The number of imide groups is 1. The van der Waals surface area contributed by atoms with Crippen LogP contribution >= 0.6 is 0 Å². The molecular formula is C31H28N4O3. The predicted octanol–water partition coefficient (Wildman–Crippen LogP) is 4.88. The maximum Gasteiger partial charge on any atom is 0.259 e. The van der Waals surface area contributed by atoms with Crippen LogP contribution in [0.25, 0.3) is 33.0 Å². The quantitative estimate of drug-likeness (QED) is 0.197. The monoisotopic (exact) mass is 504 g/mol. The lowest BCUT2D eigenvalue weighted by Gasteiger charge is -2.10. The number of amides is 2. The van der Waals surface area contributed by atoms with Crippen molar-refractivity contribution in [2.75, 3.05) is 13.6 Å². The molecule has 0 radical (unpaired) electrons. The van der Waals surface area contributed by atoms with E-state index >= 15 is 0 Å². The van der Waals surface area contributed by atoms with Gasteiger partial charge in [0.25, 0.3) is 11.8 Å². The summed E-state index contributed by atoms with van der Waals surface area (Å²) in [4.78, 5) is 29.8. The Kier molecular flexibility index (Phi) is 6.27. The Morgan fingerprint density at radius 3 is 2.45 bits per heavy atom. The Bertz CT molecular complexity index is 1690. The standard InChI is InChI=1S/C31H28N4O3/c1-32-15-8-16-35-18-23(27-25(35)13-7-14-26(27)38-19-20-9-3-2-4-10-20)29-28(30(36)34-31(29)37)22-17-33-24-12-6-5-11-21(22)24/h2-7,9-14,17-18,32-33H,8,15-16,19H2,1H3,(H,34,36,37). The van der Waals surface area contributed by atoms with Gasteiger partial charge in [-0.05, 0) is 43.8 Å². The highest BCUT2D eigenvalue weighted by Crippen LogP contribution is 2.41. The van der Waals surface area contributed by atoms with E-state index in [2.05, 4.69) is 20.2 Å². The van der Waals surface area contributed by atoms with Crippen molar-refractivity contribution in [1.29, 1.82) is 0 Å². The van der Waals surface area contributed by atoms with Crippen LogP contribution in [0, 0.1) is 0 Å².